The Hall–Kier alpha value is -2.03. The summed E-state index contributed by atoms with van der Waals surface area (Å²) in [6, 6.07) is 11.8. The lowest BCUT2D eigenvalue weighted by Gasteiger charge is -2.08. The van der Waals surface area contributed by atoms with Crippen LogP contribution in [0.1, 0.15) is 24.0 Å². The normalized spacial score (nSPS) is 10.5. The van der Waals surface area contributed by atoms with Gasteiger partial charge in [0.05, 0.1) is 6.61 Å². The van der Waals surface area contributed by atoms with Gasteiger partial charge in [0, 0.05) is 18.3 Å². The molecule has 0 amide bonds. The van der Waals surface area contributed by atoms with Crippen molar-refractivity contribution in [2.45, 2.75) is 33.2 Å². The topological polar surface area (TPSA) is 31.2 Å². The highest BCUT2D eigenvalue weighted by Gasteiger charge is 1.99. The van der Waals surface area contributed by atoms with Crippen LogP contribution in [0.2, 0.25) is 0 Å². The van der Waals surface area contributed by atoms with Crippen LogP contribution in [-0.2, 0) is 6.54 Å². The Balaban J connectivity index is 1.74. The lowest BCUT2D eigenvalue weighted by molar-refractivity contribution is 0.302. The molecule has 1 aromatic carbocycles. The van der Waals surface area contributed by atoms with Gasteiger partial charge in [0.2, 0.25) is 0 Å². The van der Waals surface area contributed by atoms with Crippen molar-refractivity contribution in [2.24, 2.45) is 0 Å². The molecule has 0 atom stereocenters. The molecule has 0 radical (unpaired) electrons. The van der Waals surface area contributed by atoms with E-state index in [-0.39, 0.29) is 5.56 Å². The van der Waals surface area contributed by atoms with E-state index < -0.39 is 0 Å². The summed E-state index contributed by atoms with van der Waals surface area (Å²) in [6.07, 6.45) is 3.72. The number of hydrogen-bond donors (Lipinski definition) is 0. The summed E-state index contributed by atoms with van der Waals surface area (Å²) in [6.45, 7) is 5.33. The van der Waals surface area contributed by atoms with Crippen LogP contribution in [0, 0.1) is 13.8 Å². The maximum atomic E-state index is 11.8. The molecule has 0 saturated heterocycles. The number of hydrogen-bond acceptors (Lipinski definition) is 2. The van der Waals surface area contributed by atoms with E-state index in [2.05, 4.69) is 13.0 Å². The van der Waals surface area contributed by atoms with Crippen molar-refractivity contribution in [3.05, 3.63) is 64.1 Å². The van der Waals surface area contributed by atoms with Crippen LogP contribution in [-0.4, -0.2) is 11.2 Å². The zero-order valence-corrected chi connectivity index (χ0v) is 12.1. The van der Waals surface area contributed by atoms with Gasteiger partial charge in [0.1, 0.15) is 5.75 Å². The van der Waals surface area contributed by atoms with Crippen molar-refractivity contribution in [2.75, 3.05) is 6.61 Å². The molecule has 0 N–H and O–H groups in total. The Morgan fingerprint density at radius 3 is 2.75 bits per heavy atom. The maximum Gasteiger partial charge on any atom is 0.253 e. The number of aromatic nitrogens is 1. The van der Waals surface area contributed by atoms with Crippen molar-refractivity contribution in [3.8, 4) is 5.75 Å². The fourth-order valence-electron chi connectivity index (χ4n) is 2.11. The molecule has 0 spiro atoms. The first-order chi connectivity index (χ1) is 9.66. The molecule has 0 bridgehead atoms. The van der Waals surface area contributed by atoms with Crippen molar-refractivity contribution < 1.29 is 4.74 Å². The predicted molar refractivity (Wildman–Crippen MR) is 81.3 cm³/mol. The van der Waals surface area contributed by atoms with Gasteiger partial charge in [0.25, 0.3) is 5.56 Å². The van der Waals surface area contributed by atoms with E-state index in [0.29, 0.717) is 6.61 Å². The van der Waals surface area contributed by atoms with Gasteiger partial charge >= 0.3 is 0 Å². The molecule has 0 fully saturated rings. The highest BCUT2D eigenvalue weighted by Crippen LogP contribution is 2.12. The first-order valence-corrected chi connectivity index (χ1v) is 7.02. The van der Waals surface area contributed by atoms with Crippen LogP contribution in [0.5, 0.6) is 5.75 Å². The number of rotatable bonds is 6. The summed E-state index contributed by atoms with van der Waals surface area (Å²) in [5, 5.41) is 0. The smallest absolute Gasteiger partial charge is 0.253 e. The zero-order valence-electron chi connectivity index (χ0n) is 12.1. The monoisotopic (exact) mass is 271 g/mol. The van der Waals surface area contributed by atoms with Gasteiger partial charge in [-0.25, -0.2) is 0 Å². The predicted octanol–water partition coefficient (Wildman–Crippen LogP) is 3.32. The molecule has 3 nitrogen and oxygen atoms in total. The van der Waals surface area contributed by atoms with Gasteiger partial charge in [-0.1, -0.05) is 18.2 Å². The molecule has 0 aliphatic rings. The molecular formula is C17H21NO2. The summed E-state index contributed by atoms with van der Waals surface area (Å²) < 4.78 is 7.46. The van der Waals surface area contributed by atoms with Crippen molar-refractivity contribution in [1.29, 1.82) is 0 Å². The fraction of sp³-hybridized carbons (Fsp3) is 0.353. The summed E-state index contributed by atoms with van der Waals surface area (Å²) in [4.78, 5) is 11.8. The summed E-state index contributed by atoms with van der Waals surface area (Å²) >= 11 is 0. The van der Waals surface area contributed by atoms with Gasteiger partial charge in [-0.3, -0.25) is 4.79 Å². The number of ether oxygens (including phenoxy) is 1. The highest BCUT2D eigenvalue weighted by molar-refractivity contribution is 5.27. The summed E-state index contributed by atoms with van der Waals surface area (Å²) in [5.74, 6) is 0.915. The maximum absolute atomic E-state index is 11.8. The molecular weight excluding hydrogens is 250 g/mol. The van der Waals surface area contributed by atoms with E-state index in [1.165, 1.54) is 5.56 Å². The Kier molecular flexibility index (Phi) is 4.99. The number of benzene rings is 1. The molecule has 1 heterocycles. The van der Waals surface area contributed by atoms with Crippen molar-refractivity contribution >= 4 is 0 Å². The molecule has 0 saturated carbocycles. The van der Waals surface area contributed by atoms with Crippen LogP contribution in [0.15, 0.2) is 47.4 Å². The highest BCUT2D eigenvalue weighted by atomic mass is 16.5. The van der Waals surface area contributed by atoms with Gasteiger partial charge in [-0.15, -0.1) is 0 Å². The number of unbranched alkanes of at least 4 members (excludes halogenated alkanes) is 1. The first kappa shape index (κ1) is 14.4. The number of pyridine rings is 1. The largest absolute Gasteiger partial charge is 0.494 e. The summed E-state index contributed by atoms with van der Waals surface area (Å²) in [5.41, 5.74) is 2.10. The number of aryl methyl sites for hydroxylation is 3. The van der Waals surface area contributed by atoms with Crippen LogP contribution in [0.4, 0.5) is 0 Å². The SMILES string of the molecule is Cc1cccc(OCCCCn2cccc(C)c2=O)c1. The average molecular weight is 271 g/mol. The van der Waals surface area contributed by atoms with E-state index in [1.807, 2.05) is 43.5 Å². The van der Waals surface area contributed by atoms with Gasteiger partial charge < -0.3 is 9.30 Å². The molecule has 0 aliphatic heterocycles. The standard InChI is InChI=1S/C17H21NO2/c1-14-7-5-9-16(13-14)20-12-4-3-10-18-11-6-8-15(2)17(18)19/h5-9,11,13H,3-4,10,12H2,1-2H3. The third-order valence-corrected chi connectivity index (χ3v) is 3.26. The molecule has 3 heteroatoms. The Bertz CT molecular complexity index is 616. The average Bonchev–Trinajstić information content (AvgIpc) is 2.43. The van der Waals surface area contributed by atoms with Crippen molar-refractivity contribution in [1.82, 2.24) is 4.57 Å². The van der Waals surface area contributed by atoms with Gasteiger partial charge in [-0.2, -0.15) is 0 Å². The lowest BCUT2D eigenvalue weighted by atomic mass is 10.2. The minimum Gasteiger partial charge on any atom is -0.494 e. The third-order valence-electron chi connectivity index (χ3n) is 3.26. The van der Waals surface area contributed by atoms with Crippen LogP contribution >= 0.6 is 0 Å². The third kappa shape index (κ3) is 3.98. The fourth-order valence-corrected chi connectivity index (χ4v) is 2.11. The van der Waals surface area contributed by atoms with Gasteiger partial charge in [0.15, 0.2) is 0 Å². The van der Waals surface area contributed by atoms with Crippen LogP contribution in [0.25, 0.3) is 0 Å². The second kappa shape index (κ2) is 6.94. The number of nitrogens with zero attached hydrogens (tertiary/aromatic N) is 1. The zero-order chi connectivity index (χ0) is 14.4. The molecule has 0 unspecified atom stereocenters. The first-order valence-electron chi connectivity index (χ1n) is 7.02. The van der Waals surface area contributed by atoms with Crippen molar-refractivity contribution in [3.63, 3.8) is 0 Å². The van der Waals surface area contributed by atoms with E-state index in [9.17, 15) is 4.79 Å². The molecule has 20 heavy (non-hydrogen) atoms. The molecule has 106 valence electrons. The Labute approximate surface area is 119 Å². The van der Waals surface area contributed by atoms with Gasteiger partial charge in [-0.05, 0) is 50.5 Å². The Morgan fingerprint density at radius 1 is 1.10 bits per heavy atom. The summed E-state index contributed by atoms with van der Waals surface area (Å²) in [7, 11) is 0. The molecule has 1 aromatic heterocycles. The van der Waals surface area contributed by atoms with E-state index in [4.69, 9.17) is 4.74 Å². The van der Waals surface area contributed by atoms with Crippen LogP contribution in [0.3, 0.4) is 0 Å². The minimum atomic E-state index is 0.104. The molecule has 0 aliphatic carbocycles. The molecule has 2 rings (SSSR count). The lowest BCUT2D eigenvalue weighted by Crippen LogP contribution is -2.21. The van der Waals surface area contributed by atoms with Crippen LogP contribution < -0.4 is 10.3 Å². The van der Waals surface area contributed by atoms with E-state index >= 15 is 0 Å². The second-order valence-corrected chi connectivity index (χ2v) is 5.06. The quantitative estimate of drug-likeness (QED) is 0.755. The Morgan fingerprint density at radius 2 is 1.95 bits per heavy atom. The minimum absolute atomic E-state index is 0.104. The second-order valence-electron chi connectivity index (χ2n) is 5.06. The molecule has 2 aromatic rings. The van der Waals surface area contributed by atoms with E-state index in [0.717, 1.165) is 30.7 Å². The van der Waals surface area contributed by atoms with E-state index in [1.54, 1.807) is 4.57 Å².